The maximum Gasteiger partial charge on any atom is 0.330 e. The molecule has 0 saturated heterocycles. The van der Waals surface area contributed by atoms with Crippen LogP contribution in [-0.2, 0) is 24.3 Å². The molecule has 1 aromatic heterocycles. The average molecular weight is 352 g/mol. The smallest absolute Gasteiger partial charge is 0.330 e. The van der Waals surface area contributed by atoms with Gasteiger partial charge in [0.05, 0.1) is 6.61 Å². The van der Waals surface area contributed by atoms with Crippen molar-refractivity contribution in [3.63, 3.8) is 0 Å². The number of nitrogens with zero attached hydrogens (tertiary/aromatic N) is 1. The van der Waals surface area contributed by atoms with Crippen molar-refractivity contribution in [1.82, 2.24) is 9.55 Å². The standard InChI is InChI=1S/C21H24N2O3/c1-3-12-26-14-23-19(17(4-2)20(24)22-21(23)25)13-16-10-7-9-15-8-5-6-11-18(15)16/h3,5-11,15,18H,1,4,12-14H2,2H3,(H,22,24,25). The zero-order chi connectivity index (χ0) is 18.5. The van der Waals surface area contributed by atoms with Crippen molar-refractivity contribution < 1.29 is 4.74 Å². The number of aromatic nitrogens is 2. The SMILES string of the molecule is C=CCOCn1c(CC2=CC=CC3C=CC=CC23)c(CC)c(=O)[nH]c1=O. The van der Waals surface area contributed by atoms with Crippen molar-refractivity contribution in [2.45, 2.75) is 26.5 Å². The van der Waals surface area contributed by atoms with Gasteiger partial charge in [-0.2, -0.15) is 0 Å². The molecule has 2 aliphatic carbocycles. The van der Waals surface area contributed by atoms with Gasteiger partial charge in [-0.05, 0) is 6.42 Å². The van der Waals surface area contributed by atoms with Crippen LogP contribution in [0, 0.1) is 11.8 Å². The molecule has 0 aliphatic heterocycles. The van der Waals surface area contributed by atoms with Gasteiger partial charge in [-0.25, -0.2) is 4.79 Å². The van der Waals surface area contributed by atoms with Crippen LogP contribution in [0.25, 0.3) is 0 Å². The van der Waals surface area contributed by atoms with Crippen LogP contribution in [0.4, 0.5) is 0 Å². The Morgan fingerprint density at radius 2 is 2.00 bits per heavy atom. The second-order valence-electron chi connectivity index (χ2n) is 6.43. The van der Waals surface area contributed by atoms with E-state index < -0.39 is 5.69 Å². The summed E-state index contributed by atoms with van der Waals surface area (Å²) >= 11 is 0. The van der Waals surface area contributed by atoms with Gasteiger partial charge >= 0.3 is 5.69 Å². The Morgan fingerprint density at radius 3 is 2.77 bits per heavy atom. The third kappa shape index (κ3) is 3.63. The molecule has 0 saturated carbocycles. The molecule has 0 amide bonds. The Bertz CT molecular complexity index is 912. The fourth-order valence-electron chi connectivity index (χ4n) is 3.55. The molecule has 136 valence electrons. The number of aromatic amines is 1. The maximum atomic E-state index is 12.4. The first-order valence-corrected chi connectivity index (χ1v) is 8.91. The lowest BCUT2D eigenvalue weighted by molar-refractivity contribution is 0.0942. The Hall–Kier alpha value is -2.66. The molecule has 0 bridgehead atoms. The molecule has 0 fully saturated rings. The van der Waals surface area contributed by atoms with Gasteiger partial charge < -0.3 is 4.74 Å². The van der Waals surface area contributed by atoms with Gasteiger partial charge in [-0.3, -0.25) is 14.3 Å². The zero-order valence-corrected chi connectivity index (χ0v) is 15.0. The van der Waals surface area contributed by atoms with Crippen molar-refractivity contribution in [2.24, 2.45) is 11.8 Å². The number of fused-ring (bicyclic) bond motifs is 1. The normalized spacial score (nSPS) is 20.7. The Kier molecular flexibility index (Phi) is 5.68. The van der Waals surface area contributed by atoms with Crippen LogP contribution < -0.4 is 11.2 Å². The summed E-state index contributed by atoms with van der Waals surface area (Å²) in [7, 11) is 0. The Morgan fingerprint density at radius 1 is 1.23 bits per heavy atom. The fraction of sp³-hybridized carbons (Fsp3) is 0.333. The molecule has 3 rings (SSSR count). The molecule has 2 atom stereocenters. The highest BCUT2D eigenvalue weighted by Gasteiger charge is 2.25. The number of ether oxygens (including phenoxy) is 1. The molecular formula is C21H24N2O3. The first-order valence-electron chi connectivity index (χ1n) is 8.91. The molecule has 1 aromatic rings. The van der Waals surface area contributed by atoms with E-state index in [1.165, 1.54) is 10.1 Å². The molecule has 26 heavy (non-hydrogen) atoms. The lowest BCUT2D eigenvalue weighted by Gasteiger charge is -2.28. The van der Waals surface area contributed by atoms with E-state index in [4.69, 9.17) is 4.74 Å². The van der Waals surface area contributed by atoms with Crippen molar-refractivity contribution in [3.05, 3.63) is 92.9 Å². The van der Waals surface area contributed by atoms with Crippen LogP contribution in [0.3, 0.4) is 0 Å². The van der Waals surface area contributed by atoms with E-state index in [9.17, 15) is 9.59 Å². The maximum absolute atomic E-state index is 12.4. The lowest BCUT2D eigenvalue weighted by Crippen LogP contribution is -2.36. The summed E-state index contributed by atoms with van der Waals surface area (Å²) in [5, 5.41) is 0. The minimum Gasteiger partial charge on any atom is -0.357 e. The third-order valence-corrected chi connectivity index (χ3v) is 4.84. The number of H-pyrrole nitrogens is 1. The van der Waals surface area contributed by atoms with Crippen molar-refractivity contribution in [3.8, 4) is 0 Å². The summed E-state index contributed by atoms with van der Waals surface area (Å²) in [5.41, 5.74) is 1.81. The van der Waals surface area contributed by atoms with Crippen LogP contribution in [-0.4, -0.2) is 16.2 Å². The van der Waals surface area contributed by atoms with E-state index in [0.29, 0.717) is 30.9 Å². The van der Waals surface area contributed by atoms with Gasteiger partial charge in [0.15, 0.2) is 0 Å². The summed E-state index contributed by atoms with van der Waals surface area (Å²) < 4.78 is 7.02. The van der Waals surface area contributed by atoms with Gasteiger partial charge in [-0.1, -0.05) is 61.1 Å². The van der Waals surface area contributed by atoms with E-state index in [1.54, 1.807) is 6.08 Å². The van der Waals surface area contributed by atoms with E-state index in [0.717, 1.165) is 5.69 Å². The molecular weight excluding hydrogens is 328 g/mol. The number of allylic oxidation sites excluding steroid dienone is 8. The topological polar surface area (TPSA) is 64.1 Å². The summed E-state index contributed by atoms with van der Waals surface area (Å²) in [6.45, 7) is 5.99. The molecule has 1 N–H and O–H groups in total. The zero-order valence-electron chi connectivity index (χ0n) is 15.0. The fourth-order valence-corrected chi connectivity index (χ4v) is 3.55. The summed E-state index contributed by atoms with van der Waals surface area (Å²) in [6.07, 6.45) is 17.5. The molecule has 0 radical (unpaired) electrons. The average Bonchev–Trinajstić information content (AvgIpc) is 2.64. The Balaban J connectivity index is 2.01. The molecule has 0 aromatic carbocycles. The molecule has 5 heteroatoms. The van der Waals surface area contributed by atoms with Gasteiger partial charge in [-0.15, -0.1) is 6.58 Å². The van der Waals surface area contributed by atoms with Crippen molar-refractivity contribution >= 4 is 0 Å². The summed E-state index contributed by atoms with van der Waals surface area (Å²) in [6, 6.07) is 0. The molecule has 0 spiro atoms. The highest BCUT2D eigenvalue weighted by atomic mass is 16.5. The highest BCUT2D eigenvalue weighted by molar-refractivity contribution is 5.37. The monoisotopic (exact) mass is 352 g/mol. The van der Waals surface area contributed by atoms with Crippen molar-refractivity contribution in [1.29, 1.82) is 0 Å². The number of rotatable bonds is 7. The van der Waals surface area contributed by atoms with Gasteiger partial charge in [0.25, 0.3) is 5.56 Å². The van der Waals surface area contributed by atoms with E-state index in [2.05, 4.69) is 48.0 Å². The molecule has 1 heterocycles. The number of hydrogen-bond acceptors (Lipinski definition) is 3. The van der Waals surface area contributed by atoms with Gasteiger partial charge in [0, 0.05) is 29.5 Å². The molecule has 5 nitrogen and oxygen atoms in total. The molecule has 2 unspecified atom stereocenters. The van der Waals surface area contributed by atoms with Crippen LogP contribution in [0.15, 0.2) is 70.3 Å². The lowest BCUT2D eigenvalue weighted by atomic mass is 9.78. The van der Waals surface area contributed by atoms with E-state index in [-0.39, 0.29) is 18.2 Å². The number of hydrogen-bond donors (Lipinski definition) is 1. The quantitative estimate of drug-likeness (QED) is 0.606. The summed E-state index contributed by atoms with van der Waals surface area (Å²) in [4.78, 5) is 27.1. The van der Waals surface area contributed by atoms with Crippen LogP contribution in [0.1, 0.15) is 18.2 Å². The van der Waals surface area contributed by atoms with Gasteiger partial charge in [0.2, 0.25) is 0 Å². The highest BCUT2D eigenvalue weighted by Crippen LogP contribution is 2.33. The van der Waals surface area contributed by atoms with E-state index >= 15 is 0 Å². The first kappa shape index (κ1) is 18.1. The predicted octanol–water partition coefficient (Wildman–Crippen LogP) is 2.66. The largest absolute Gasteiger partial charge is 0.357 e. The van der Waals surface area contributed by atoms with Crippen molar-refractivity contribution in [2.75, 3.05) is 6.61 Å². The first-order chi connectivity index (χ1) is 12.7. The second kappa shape index (κ2) is 8.15. The van der Waals surface area contributed by atoms with Crippen LogP contribution in [0.2, 0.25) is 0 Å². The minimum absolute atomic E-state index is 0.0942. The number of nitrogens with one attached hydrogen (secondary N) is 1. The third-order valence-electron chi connectivity index (χ3n) is 4.84. The van der Waals surface area contributed by atoms with Crippen LogP contribution in [0.5, 0.6) is 0 Å². The second-order valence-corrected chi connectivity index (χ2v) is 6.43. The van der Waals surface area contributed by atoms with Gasteiger partial charge in [0.1, 0.15) is 6.73 Å². The van der Waals surface area contributed by atoms with Crippen LogP contribution >= 0.6 is 0 Å². The Labute approximate surface area is 152 Å². The summed E-state index contributed by atoms with van der Waals surface area (Å²) in [5.74, 6) is 0.580. The predicted molar refractivity (Wildman–Crippen MR) is 103 cm³/mol. The molecule has 2 aliphatic rings. The van der Waals surface area contributed by atoms with E-state index in [1.807, 2.05) is 13.0 Å². The minimum atomic E-state index is -0.436.